The van der Waals surface area contributed by atoms with Gasteiger partial charge in [-0.2, -0.15) is 0 Å². The normalized spacial score (nSPS) is 11.2. The van der Waals surface area contributed by atoms with E-state index in [0.29, 0.717) is 19.5 Å². The van der Waals surface area contributed by atoms with Crippen molar-refractivity contribution in [2.75, 3.05) is 0 Å². The van der Waals surface area contributed by atoms with Crippen LogP contribution in [0.15, 0.2) is 52.1 Å². The molecule has 0 atom stereocenters. The number of unbranched alkanes of at least 4 members (excludes halogenated alkanes) is 2. The topological polar surface area (TPSA) is 71.0 Å². The average molecular weight is 447 g/mol. The number of fused-ring (bicyclic) bond motifs is 2. The predicted octanol–water partition coefficient (Wildman–Crippen LogP) is 1.15. The van der Waals surface area contributed by atoms with Gasteiger partial charge in [0, 0.05) is 29.5 Å². The molecular weight excluding hydrogens is 423 g/mol. The molecule has 4 rings (SSSR count). The number of hydrogen-bond acceptors (Lipinski definition) is 3. The Kier molecular flexibility index (Phi) is 8.17. The summed E-state index contributed by atoms with van der Waals surface area (Å²) in [6.07, 6.45) is 4.32. The van der Waals surface area contributed by atoms with Crippen LogP contribution in [0.25, 0.3) is 21.9 Å². The smallest absolute Gasteiger partial charge is 0.420 e. The van der Waals surface area contributed by atoms with Crippen LogP contribution in [0, 0.1) is 0 Å². The van der Waals surface area contributed by atoms with Gasteiger partial charge in [-0.25, -0.2) is 4.79 Å². The standard InChI is InChI=1S/C23H25ClN4O2.Na/c1-2-3-6-14-27-20-19(25-22(24)26-20)21(29)28(23(27)30)15-8-12-17-11-7-10-16-9-4-5-13-18(16)17;/h4-5,7,9-11,13H,2-3,6,8,12,14-15H2,1H3,(H,25,26,29);/q;+1/p-1. The van der Waals surface area contributed by atoms with Crippen LogP contribution in [0.5, 0.6) is 0 Å². The average Bonchev–Trinajstić information content (AvgIpc) is 3.14. The van der Waals surface area contributed by atoms with E-state index >= 15 is 0 Å². The maximum atomic E-state index is 13.1. The Bertz CT molecular complexity index is 1300. The van der Waals surface area contributed by atoms with Crippen molar-refractivity contribution in [2.45, 2.75) is 52.1 Å². The molecule has 6 nitrogen and oxygen atoms in total. The van der Waals surface area contributed by atoms with Crippen LogP contribution in [-0.2, 0) is 19.5 Å². The van der Waals surface area contributed by atoms with Gasteiger partial charge >= 0.3 is 35.2 Å². The fourth-order valence-electron chi connectivity index (χ4n) is 3.95. The number of aromatic nitrogens is 4. The Labute approximate surface area is 207 Å². The second-order valence-corrected chi connectivity index (χ2v) is 7.84. The third-order valence-corrected chi connectivity index (χ3v) is 5.64. The van der Waals surface area contributed by atoms with E-state index in [2.05, 4.69) is 41.2 Å². The van der Waals surface area contributed by atoms with Gasteiger partial charge in [-0.3, -0.25) is 13.9 Å². The maximum absolute atomic E-state index is 13.1. The monoisotopic (exact) mass is 446 g/mol. The molecule has 0 saturated carbocycles. The number of aryl methyl sites for hydroxylation is 2. The molecule has 2 aromatic heterocycles. The number of hydrogen-bond donors (Lipinski definition) is 0. The van der Waals surface area contributed by atoms with Gasteiger partial charge in [-0.1, -0.05) is 73.8 Å². The Morgan fingerprint density at radius 1 is 0.968 bits per heavy atom. The van der Waals surface area contributed by atoms with Gasteiger partial charge in [0.2, 0.25) is 0 Å². The van der Waals surface area contributed by atoms with Crippen molar-refractivity contribution >= 4 is 33.5 Å². The van der Waals surface area contributed by atoms with E-state index in [1.807, 2.05) is 18.2 Å². The number of imidazole rings is 1. The Morgan fingerprint density at radius 2 is 1.71 bits per heavy atom. The molecule has 0 aliphatic heterocycles. The molecule has 31 heavy (non-hydrogen) atoms. The van der Waals surface area contributed by atoms with Gasteiger partial charge < -0.3 is 9.97 Å². The largest absolute Gasteiger partial charge is 1.00 e. The fourth-order valence-corrected chi connectivity index (χ4v) is 4.11. The minimum absolute atomic E-state index is 0. The molecule has 156 valence electrons. The minimum atomic E-state index is -0.418. The molecule has 0 amide bonds. The van der Waals surface area contributed by atoms with Crippen molar-refractivity contribution in [2.24, 2.45) is 0 Å². The van der Waals surface area contributed by atoms with Crippen molar-refractivity contribution < 1.29 is 29.6 Å². The number of nitrogens with zero attached hydrogens (tertiary/aromatic N) is 4. The molecule has 0 saturated heterocycles. The summed E-state index contributed by atoms with van der Waals surface area (Å²) in [6.45, 7) is 2.93. The van der Waals surface area contributed by atoms with Crippen molar-refractivity contribution in [3.8, 4) is 0 Å². The first-order valence-electron chi connectivity index (χ1n) is 10.4. The number of halogens is 1. The van der Waals surface area contributed by atoms with Crippen LogP contribution < -0.4 is 45.8 Å². The van der Waals surface area contributed by atoms with E-state index in [1.165, 1.54) is 20.9 Å². The molecule has 8 heteroatoms. The van der Waals surface area contributed by atoms with Crippen LogP contribution in [-0.4, -0.2) is 14.1 Å². The molecule has 0 aliphatic rings. The van der Waals surface area contributed by atoms with Crippen LogP contribution in [0.4, 0.5) is 0 Å². The van der Waals surface area contributed by atoms with Crippen molar-refractivity contribution in [1.82, 2.24) is 19.1 Å². The Balaban J connectivity index is 0.00000272. The molecule has 0 radical (unpaired) electrons. The molecule has 0 bridgehead atoms. The minimum Gasteiger partial charge on any atom is -0.420 e. The summed E-state index contributed by atoms with van der Waals surface area (Å²) in [5.74, 6) is 0. The van der Waals surface area contributed by atoms with E-state index in [4.69, 9.17) is 11.6 Å². The first-order chi connectivity index (χ1) is 14.6. The van der Waals surface area contributed by atoms with Crippen molar-refractivity contribution in [1.29, 1.82) is 0 Å². The van der Waals surface area contributed by atoms with Gasteiger partial charge in [-0.05, 0) is 35.6 Å². The van der Waals surface area contributed by atoms with E-state index in [0.717, 1.165) is 25.7 Å². The zero-order valence-corrected chi connectivity index (χ0v) is 20.7. The zero-order chi connectivity index (χ0) is 21.1. The van der Waals surface area contributed by atoms with Crippen molar-refractivity contribution in [3.63, 3.8) is 0 Å². The van der Waals surface area contributed by atoms with E-state index < -0.39 is 5.56 Å². The number of rotatable bonds is 8. The van der Waals surface area contributed by atoms with Crippen LogP contribution in [0.3, 0.4) is 0 Å². The molecule has 4 aromatic rings. The van der Waals surface area contributed by atoms with Gasteiger partial charge in [0.25, 0.3) is 5.56 Å². The summed E-state index contributed by atoms with van der Waals surface area (Å²) in [4.78, 5) is 34.2. The first kappa shape index (κ1) is 23.8. The van der Waals surface area contributed by atoms with Gasteiger partial charge in [-0.15, -0.1) is 0 Å². The van der Waals surface area contributed by atoms with E-state index in [9.17, 15) is 9.59 Å². The second-order valence-electron chi connectivity index (χ2n) is 7.50. The van der Waals surface area contributed by atoms with Gasteiger partial charge in [0.15, 0.2) is 0 Å². The van der Waals surface area contributed by atoms with Gasteiger partial charge in [0.05, 0.1) is 0 Å². The molecule has 0 unspecified atom stereocenters. The van der Waals surface area contributed by atoms with Gasteiger partial charge in [0.1, 0.15) is 0 Å². The van der Waals surface area contributed by atoms with E-state index in [-0.39, 0.29) is 51.7 Å². The summed E-state index contributed by atoms with van der Waals surface area (Å²) in [7, 11) is 0. The molecule has 0 fully saturated rings. The molecular formula is C23H24ClN4NaO2. The quantitative estimate of drug-likeness (QED) is 0.231. The molecule has 0 spiro atoms. The first-order valence-corrected chi connectivity index (χ1v) is 10.8. The summed E-state index contributed by atoms with van der Waals surface area (Å²) in [5, 5.41) is 2.39. The maximum Gasteiger partial charge on any atom is 1.00 e. The molecule has 0 aliphatic carbocycles. The summed E-state index contributed by atoms with van der Waals surface area (Å²) < 4.78 is 2.83. The van der Waals surface area contributed by atoms with Crippen molar-refractivity contribution in [3.05, 3.63) is 74.1 Å². The van der Waals surface area contributed by atoms with E-state index in [1.54, 1.807) is 4.57 Å². The molecule has 0 N–H and O–H groups in total. The summed E-state index contributed by atoms with van der Waals surface area (Å²) in [6, 6.07) is 14.5. The third kappa shape index (κ3) is 4.98. The van der Waals surface area contributed by atoms with Crippen LogP contribution >= 0.6 is 11.6 Å². The molecule has 2 aromatic carbocycles. The summed E-state index contributed by atoms with van der Waals surface area (Å²) >= 11 is 5.95. The zero-order valence-electron chi connectivity index (χ0n) is 18.0. The fraction of sp³-hybridized carbons (Fsp3) is 0.348. The third-order valence-electron chi connectivity index (χ3n) is 5.47. The Hall–Kier alpha value is -1.86. The van der Waals surface area contributed by atoms with Crippen LogP contribution in [0.2, 0.25) is 5.28 Å². The second kappa shape index (κ2) is 10.6. The SMILES string of the molecule is CCCCCn1c(=O)n(CCCc2cccc3ccccc23)c(=O)c2[n-]c(Cl)nc21.[Na+]. The predicted molar refractivity (Wildman–Crippen MR) is 120 cm³/mol. The van der Waals surface area contributed by atoms with Crippen LogP contribution in [0.1, 0.15) is 38.2 Å². The number of benzene rings is 2. The molecule has 2 heterocycles. The Morgan fingerprint density at radius 3 is 2.52 bits per heavy atom. The summed E-state index contributed by atoms with van der Waals surface area (Å²) in [5.41, 5.74) is 0.913.